The van der Waals surface area contributed by atoms with Gasteiger partial charge in [-0.2, -0.15) is 0 Å². The fraction of sp³-hybridized carbons (Fsp3) is 0.480. The number of amides is 2. The Morgan fingerprint density at radius 1 is 1.18 bits per heavy atom. The first-order valence-corrected chi connectivity index (χ1v) is 12.0. The highest BCUT2D eigenvalue weighted by Crippen LogP contribution is 2.35. The summed E-state index contributed by atoms with van der Waals surface area (Å²) in [6.07, 6.45) is 3.91. The Labute approximate surface area is 195 Å². The minimum atomic E-state index is -0.0533. The van der Waals surface area contributed by atoms with Crippen LogP contribution in [0.5, 0.6) is 0 Å². The molecule has 0 unspecified atom stereocenters. The topological polar surface area (TPSA) is 80.8 Å². The Hall–Kier alpha value is -3.13. The first kappa shape index (κ1) is 21.7. The number of aryl methyl sites for hydroxylation is 1. The number of nitrogens with zero attached hydrogens (tertiary/aromatic N) is 4. The number of aromatic nitrogens is 1. The summed E-state index contributed by atoms with van der Waals surface area (Å²) in [5.74, 6) is 0.991. The highest BCUT2D eigenvalue weighted by atomic mass is 16.2. The Morgan fingerprint density at radius 2 is 2.00 bits per heavy atom. The maximum Gasteiger partial charge on any atom is 0.251 e. The summed E-state index contributed by atoms with van der Waals surface area (Å²) in [7, 11) is 0. The Balaban J connectivity index is 1.21. The van der Waals surface area contributed by atoms with E-state index in [2.05, 4.69) is 44.4 Å². The van der Waals surface area contributed by atoms with Crippen molar-refractivity contribution in [1.29, 1.82) is 0 Å². The van der Waals surface area contributed by atoms with Crippen LogP contribution in [0.15, 0.2) is 30.5 Å². The Kier molecular flexibility index (Phi) is 5.93. The first-order chi connectivity index (χ1) is 16.0. The van der Waals surface area contributed by atoms with Crippen LogP contribution in [0.2, 0.25) is 0 Å². The normalized spacial score (nSPS) is 20.3. The van der Waals surface area contributed by atoms with Gasteiger partial charge < -0.3 is 20.4 Å². The van der Waals surface area contributed by atoms with E-state index >= 15 is 0 Å². The maximum absolute atomic E-state index is 12.4. The highest BCUT2D eigenvalue weighted by Gasteiger charge is 2.37. The number of rotatable bonds is 5. The third kappa shape index (κ3) is 4.27. The van der Waals surface area contributed by atoms with Crippen molar-refractivity contribution in [3.05, 3.63) is 47.2 Å². The molecule has 1 aromatic heterocycles. The first-order valence-electron chi connectivity index (χ1n) is 12.0. The van der Waals surface area contributed by atoms with Crippen molar-refractivity contribution in [2.24, 2.45) is 0 Å². The van der Waals surface area contributed by atoms with Gasteiger partial charge in [0.05, 0.1) is 5.69 Å². The summed E-state index contributed by atoms with van der Waals surface area (Å²) in [5, 5.41) is 5.92. The van der Waals surface area contributed by atoms with E-state index in [9.17, 15) is 9.59 Å². The number of fused-ring (bicyclic) bond motifs is 3. The molecule has 8 heteroatoms. The molecule has 3 aliphatic heterocycles. The molecule has 0 bridgehead atoms. The van der Waals surface area contributed by atoms with Crippen LogP contribution >= 0.6 is 0 Å². The maximum atomic E-state index is 12.4. The Bertz CT molecular complexity index is 1060. The van der Waals surface area contributed by atoms with Gasteiger partial charge >= 0.3 is 0 Å². The SMILES string of the molecule is CCNC(=O)c1ccc(N2CCN(Cc3cnc4c(c3)NC(=O)[C@@H]3CCCN43)CC2)c(C)c1. The fourth-order valence-electron chi connectivity index (χ4n) is 5.24. The number of piperazine rings is 1. The second kappa shape index (κ2) is 9.02. The molecule has 174 valence electrons. The number of carbonyl (C=O) groups excluding carboxylic acids is 2. The van der Waals surface area contributed by atoms with Gasteiger partial charge in [-0.15, -0.1) is 0 Å². The lowest BCUT2D eigenvalue weighted by Gasteiger charge is -2.37. The molecule has 0 radical (unpaired) electrons. The molecule has 1 aromatic carbocycles. The standard InChI is InChI=1S/C25H32N6O2/c1-3-26-24(32)19-6-7-21(17(2)13-19)30-11-9-29(10-12-30)16-18-14-20-23(27-15-18)31-8-4-5-22(31)25(33)28-20/h6-7,13-15,22H,3-5,8-12,16H2,1-2H3,(H,26,32)(H,28,33)/t22-/m0/s1. The smallest absolute Gasteiger partial charge is 0.251 e. The van der Waals surface area contributed by atoms with Crippen molar-refractivity contribution in [1.82, 2.24) is 15.2 Å². The average molecular weight is 449 g/mol. The van der Waals surface area contributed by atoms with Gasteiger partial charge in [-0.25, -0.2) is 4.98 Å². The predicted octanol–water partition coefficient (Wildman–Crippen LogP) is 2.38. The zero-order chi connectivity index (χ0) is 22.9. The molecule has 4 heterocycles. The molecule has 1 atom stereocenters. The average Bonchev–Trinajstić information content (AvgIpc) is 3.31. The monoisotopic (exact) mass is 448 g/mol. The van der Waals surface area contributed by atoms with Crippen LogP contribution < -0.4 is 20.4 Å². The van der Waals surface area contributed by atoms with Crippen LogP contribution in [0, 0.1) is 6.92 Å². The summed E-state index contributed by atoms with van der Waals surface area (Å²) in [5.41, 5.74) is 5.01. The molecule has 8 nitrogen and oxygen atoms in total. The number of benzene rings is 1. The van der Waals surface area contributed by atoms with Gasteiger partial charge in [0.1, 0.15) is 6.04 Å². The molecular formula is C25H32N6O2. The van der Waals surface area contributed by atoms with Crippen LogP contribution in [-0.4, -0.2) is 67.0 Å². The van der Waals surface area contributed by atoms with Crippen LogP contribution in [0.3, 0.4) is 0 Å². The third-order valence-corrected chi connectivity index (χ3v) is 6.92. The molecule has 0 spiro atoms. The molecule has 33 heavy (non-hydrogen) atoms. The van der Waals surface area contributed by atoms with E-state index in [0.29, 0.717) is 12.1 Å². The van der Waals surface area contributed by atoms with Gasteiger partial charge in [0.15, 0.2) is 5.82 Å². The lowest BCUT2D eigenvalue weighted by atomic mass is 10.1. The van der Waals surface area contributed by atoms with Gasteiger partial charge in [0.25, 0.3) is 5.91 Å². The minimum absolute atomic E-state index is 0.0212. The molecule has 0 aliphatic carbocycles. The molecule has 2 amide bonds. The van der Waals surface area contributed by atoms with Gasteiger partial charge in [0, 0.05) is 63.3 Å². The van der Waals surface area contributed by atoms with E-state index < -0.39 is 0 Å². The summed E-state index contributed by atoms with van der Waals surface area (Å²) >= 11 is 0. The number of anilines is 3. The second-order valence-corrected chi connectivity index (χ2v) is 9.18. The van der Waals surface area contributed by atoms with E-state index in [4.69, 9.17) is 4.98 Å². The molecule has 0 saturated carbocycles. The minimum Gasteiger partial charge on any atom is -0.369 e. The third-order valence-electron chi connectivity index (χ3n) is 6.92. The van der Waals surface area contributed by atoms with Gasteiger partial charge in [-0.1, -0.05) is 0 Å². The van der Waals surface area contributed by atoms with Crippen molar-refractivity contribution in [2.45, 2.75) is 39.3 Å². The summed E-state index contributed by atoms with van der Waals surface area (Å²) < 4.78 is 0. The van der Waals surface area contributed by atoms with E-state index in [1.165, 1.54) is 5.69 Å². The summed E-state index contributed by atoms with van der Waals surface area (Å²) in [6, 6.07) is 7.99. The predicted molar refractivity (Wildman–Crippen MR) is 130 cm³/mol. The number of pyridine rings is 1. The molecule has 5 rings (SSSR count). The second-order valence-electron chi connectivity index (χ2n) is 9.18. The quantitative estimate of drug-likeness (QED) is 0.731. The summed E-state index contributed by atoms with van der Waals surface area (Å²) in [4.78, 5) is 36.2. The zero-order valence-corrected chi connectivity index (χ0v) is 19.4. The lowest BCUT2D eigenvalue weighted by Crippen LogP contribution is -2.46. The molecule has 2 saturated heterocycles. The largest absolute Gasteiger partial charge is 0.369 e. The number of hydrogen-bond acceptors (Lipinski definition) is 6. The van der Waals surface area contributed by atoms with E-state index in [-0.39, 0.29) is 17.9 Å². The number of nitrogens with one attached hydrogen (secondary N) is 2. The zero-order valence-electron chi connectivity index (χ0n) is 19.4. The molecular weight excluding hydrogens is 416 g/mol. The van der Waals surface area contributed by atoms with Gasteiger partial charge in [-0.05, 0) is 62.1 Å². The van der Waals surface area contributed by atoms with Crippen LogP contribution in [0.25, 0.3) is 0 Å². The van der Waals surface area contributed by atoms with Crippen LogP contribution in [0.4, 0.5) is 17.2 Å². The van der Waals surface area contributed by atoms with Gasteiger partial charge in [-0.3, -0.25) is 14.5 Å². The van der Waals surface area contributed by atoms with Crippen molar-refractivity contribution in [2.75, 3.05) is 54.4 Å². The summed E-state index contributed by atoms with van der Waals surface area (Å²) in [6.45, 7) is 10.1. The molecule has 2 N–H and O–H groups in total. The van der Waals surface area contributed by atoms with Gasteiger partial charge in [0.2, 0.25) is 5.91 Å². The van der Waals surface area contributed by atoms with E-state index in [1.807, 2.05) is 25.3 Å². The molecule has 2 fully saturated rings. The van der Waals surface area contributed by atoms with Crippen molar-refractivity contribution < 1.29 is 9.59 Å². The lowest BCUT2D eigenvalue weighted by molar-refractivity contribution is -0.117. The van der Waals surface area contributed by atoms with E-state index in [0.717, 1.165) is 74.7 Å². The molecule has 3 aliphatic rings. The van der Waals surface area contributed by atoms with Crippen molar-refractivity contribution in [3.8, 4) is 0 Å². The van der Waals surface area contributed by atoms with Crippen molar-refractivity contribution in [3.63, 3.8) is 0 Å². The molecule has 2 aromatic rings. The number of carbonyl (C=O) groups is 2. The van der Waals surface area contributed by atoms with Crippen LogP contribution in [-0.2, 0) is 11.3 Å². The van der Waals surface area contributed by atoms with E-state index in [1.54, 1.807) is 0 Å². The van der Waals surface area contributed by atoms with Crippen LogP contribution in [0.1, 0.15) is 41.3 Å². The fourth-order valence-corrected chi connectivity index (χ4v) is 5.24. The number of hydrogen-bond donors (Lipinski definition) is 2. The van der Waals surface area contributed by atoms with Crippen molar-refractivity contribution >= 4 is 29.0 Å². The highest BCUT2D eigenvalue weighted by molar-refractivity contribution is 6.03. The Morgan fingerprint density at radius 3 is 2.76 bits per heavy atom.